The summed E-state index contributed by atoms with van der Waals surface area (Å²) in [5.74, 6) is 0. The molecule has 0 unspecified atom stereocenters. The highest BCUT2D eigenvalue weighted by Crippen LogP contribution is 2.53. The highest BCUT2D eigenvalue weighted by Gasteiger charge is 2.42. The van der Waals surface area contributed by atoms with Gasteiger partial charge in [0.2, 0.25) is 6.49 Å². The SMILES string of the molecule is CP(=S)(OC(F)(F)F)OC(F)(F)F. The average molecular weight is 248 g/mol. The Labute approximate surface area is 74.0 Å². The van der Waals surface area contributed by atoms with Crippen molar-refractivity contribution in [1.29, 1.82) is 0 Å². The molecule has 0 amide bonds. The topological polar surface area (TPSA) is 18.5 Å². The van der Waals surface area contributed by atoms with E-state index in [1.165, 1.54) is 0 Å². The van der Waals surface area contributed by atoms with E-state index in [0.717, 1.165) is 0 Å². The summed E-state index contributed by atoms with van der Waals surface area (Å²) in [5, 5.41) is 0. The standard InChI is InChI=1S/C3H3F6O2PS/c1-12(13,10-2(4,5)6)11-3(7,8)9/h1H3. The molecule has 2 nitrogen and oxygen atoms in total. The first-order valence-corrected chi connectivity index (χ1v) is 5.62. The van der Waals surface area contributed by atoms with Crippen LogP contribution < -0.4 is 0 Å². The van der Waals surface area contributed by atoms with Crippen LogP contribution in [0.1, 0.15) is 0 Å². The van der Waals surface area contributed by atoms with Gasteiger partial charge in [-0.3, -0.25) is 0 Å². The van der Waals surface area contributed by atoms with Gasteiger partial charge < -0.3 is 0 Å². The Hall–Kier alpha value is 0.150. The van der Waals surface area contributed by atoms with E-state index in [-0.39, 0.29) is 0 Å². The monoisotopic (exact) mass is 248 g/mol. The lowest BCUT2D eigenvalue weighted by Crippen LogP contribution is -2.17. The van der Waals surface area contributed by atoms with Gasteiger partial charge in [-0.1, -0.05) is 0 Å². The lowest BCUT2D eigenvalue weighted by Gasteiger charge is -2.19. The summed E-state index contributed by atoms with van der Waals surface area (Å²) >= 11 is 3.87. The van der Waals surface area contributed by atoms with Crippen molar-refractivity contribution in [3.63, 3.8) is 0 Å². The molecule has 0 rings (SSSR count). The molecule has 0 aliphatic rings. The van der Waals surface area contributed by atoms with Gasteiger partial charge in [-0.2, -0.15) is 0 Å². The highest BCUT2D eigenvalue weighted by atomic mass is 32.5. The minimum Gasteiger partial charge on any atom is -0.236 e. The molecule has 80 valence electrons. The Kier molecular flexibility index (Phi) is 3.76. The second-order valence-electron chi connectivity index (χ2n) is 1.85. The Morgan fingerprint density at radius 1 is 0.923 bits per heavy atom. The van der Waals surface area contributed by atoms with Gasteiger partial charge in [0.15, 0.2) is 0 Å². The van der Waals surface area contributed by atoms with E-state index in [4.69, 9.17) is 0 Å². The number of halogens is 6. The van der Waals surface area contributed by atoms with E-state index in [0.29, 0.717) is 6.66 Å². The normalized spacial score (nSPS) is 14.7. The zero-order valence-electron chi connectivity index (χ0n) is 5.94. The molecular formula is C3H3F6O2PS. The van der Waals surface area contributed by atoms with E-state index in [2.05, 4.69) is 20.9 Å². The number of rotatable bonds is 2. The van der Waals surface area contributed by atoms with Crippen LogP contribution in [0.4, 0.5) is 26.3 Å². The van der Waals surface area contributed by atoms with Crippen LogP contribution in [0.15, 0.2) is 0 Å². The van der Waals surface area contributed by atoms with Crippen molar-refractivity contribution in [2.45, 2.75) is 12.7 Å². The molecular weight excluding hydrogens is 245 g/mol. The Morgan fingerprint density at radius 3 is 1.31 bits per heavy atom. The van der Waals surface area contributed by atoms with E-state index < -0.39 is 19.2 Å². The summed E-state index contributed by atoms with van der Waals surface area (Å²) in [4.78, 5) is 0. The molecule has 0 saturated heterocycles. The third-order valence-electron chi connectivity index (χ3n) is 0.539. The molecule has 0 bridgehead atoms. The molecule has 0 aromatic carbocycles. The Morgan fingerprint density at radius 2 is 1.15 bits per heavy atom. The predicted octanol–water partition coefficient (Wildman–Crippen LogP) is 3.00. The van der Waals surface area contributed by atoms with Crippen LogP contribution in [0.5, 0.6) is 0 Å². The van der Waals surface area contributed by atoms with Gasteiger partial charge in [-0.15, -0.1) is 26.3 Å². The summed E-state index contributed by atoms with van der Waals surface area (Å²) in [6.07, 6.45) is -10.5. The largest absolute Gasteiger partial charge is 0.528 e. The minimum absolute atomic E-state index is 0.434. The van der Waals surface area contributed by atoms with E-state index in [1.807, 2.05) is 0 Å². The first-order valence-electron chi connectivity index (χ1n) is 2.54. The zero-order valence-corrected chi connectivity index (χ0v) is 7.65. The summed E-state index contributed by atoms with van der Waals surface area (Å²) < 4.78 is 74.5. The maximum atomic E-state index is 11.4. The molecule has 13 heavy (non-hydrogen) atoms. The van der Waals surface area contributed by atoms with Gasteiger partial charge in [-0.25, -0.2) is 9.05 Å². The molecule has 0 saturated carbocycles. The number of hydrogen-bond acceptors (Lipinski definition) is 3. The quantitative estimate of drug-likeness (QED) is 0.552. The molecule has 0 aliphatic carbocycles. The van der Waals surface area contributed by atoms with Crippen LogP contribution in [-0.2, 0) is 20.9 Å². The fourth-order valence-electron chi connectivity index (χ4n) is 0.395. The highest BCUT2D eigenvalue weighted by molar-refractivity contribution is 8.09. The summed E-state index contributed by atoms with van der Waals surface area (Å²) in [7, 11) is 0. The first-order chi connectivity index (χ1) is 5.41. The molecule has 0 N–H and O–H groups in total. The van der Waals surface area contributed by atoms with Gasteiger partial charge in [0.05, 0.1) is 0 Å². The van der Waals surface area contributed by atoms with E-state index >= 15 is 0 Å². The third kappa shape index (κ3) is 8.48. The van der Waals surface area contributed by atoms with Crippen molar-refractivity contribution in [2.75, 3.05) is 6.66 Å². The molecule has 0 spiro atoms. The number of alkyl halides is 6. The first kappa shape index (κ1) is 13.2. The fraction of sp³-hybridized carbons (Fsp3) is 1.00. The van der Waals surface area contributed by atoms with Crippen molar-refractivity contribution < 1.29 is 35.4 Å². The van der Waals surface area contributed by atoms with Crippen LogP contribution in [-0.4, -0.2) is 19.4 Å². The van der Waals surface area contributed by atoms with E-state index in [1.54, 1.807) is 0 Å². The molecule has 0 aromatic heterocycles. The smallest absolute Gasteiger partial charge is 0.236 e. The third-order valence-corrected chi connectivity index (χ3v) is 2.06. The molecule has 0 atom stereocenters. The van der Waals surface area contributed by atoms with Gasteiger partial charge >= 0.3 is 12.7 Å². The summed E-state index contributed by atoms with van der Waals surface area (Å²) in [6, 6.07) is 0. The van der Waals surface area contributed by atoms with Crippen LogP contribution >= 0.6 is 6.49 Å². The van der Waals surface area contributed by atoms with Crippen LogP contribution in [0, 0.1) is 0 Å². The lowest BCUT2D eigenvalue weighted by molar-refractivity contribution is -0.301. The second-order valence-corrected chi connectivity index (χ2v) is 5.74. The average Bonchev–Trinajstić information content (AvgIpc) is 1.43. The molecule has 10 heteroatoms. The molecule has 0 aromatic rings. The van der Waals surface area contributed by atoms with Crippen molar-refractivity contribution in [3.8, 4) is 0 Å². The van der Waals surface area contributed by atoms with Crippen molar-refractivity contribution >= 4 is 18.3 Å². The van der Waals surface area contributed by atoms with Crippen molar-refractivity contribution in [3.05, 3.63) is 0 Å². The molecule has 0 radical (unpaired) electrons. The van der Waals surface area contributed by atoms with Crippen molar-refractivity contribution in [1.82, 2.24) is 0 Å². The van der Waals surface area contributed by atoms with Crippen molar-refractivity contribution in [2.24, 2.45) is 0 Å². The van der Waals surface area contributed by atoms with Crippen LogP contribution in [0.25, 0.3) is 0 Å². The van der Waals surface area contributed by atoms with Crippen LogP contribution in [0.3, 0.4) is 0 Å². The second kappa shape index (κ2) is 3.72. The molecule has 0 fully saturated rings. The van der Waals surface area contributed by atoms with E-state index in [9.17, 15) is 26.3 Å². The maximum Gasteiger partial charge on any atom is 0.528 e. The number of hydrogen-bond donors (Lipinski definition) is 0. The molecule has 0 aliphatic heterocycles. The Balaban J connectivity index is 4.35. The molecule has 0 heterocycles. The maximum absolute atomic E-state index is 11.4. The minimum atomic E-state index is -5.23. The predicted molar refractivity (Wildman–Crippen MR) is 34.5 cm³/mol. The fourth-order valence-corrected chi connectivity index (χ4v) is 1.69. The summed E-state index contributed by atoms with van der Waals surface area (Å²) in [5.41, 5.74) is 0. The Bertz CT molecular complexity index is 201. The summed E-state index contributed by atoms with van der Waals surface area (Å²) in [6.45, 7) is -3.92. The lowest BCUT2D eigenvalue weighted by atomic mass is 11.4. The van der Waals surface area contributed by atoms with Gasteiger partial charge in [0, 0.05) is 6.66 Å². The van der Waals surface area contributed by atoms with Gasteiger partial charge in [0.25, 0.3) is 0 Å². The van der Waals surface area contributed by atoms with Gasteiger partial charge in [-0.05, 0) is 11.8 Å². The van der Waals surface area contributed by atoms with Crippen LogP contribution in [0.2, 0.25) is 0 Å². The zero-order chi connectivity index (χ0) is 10.9. The van der Waals surface area contributed by atoms with Gasteiger partial charge in [0.1, 0.15) is 0 Å².